The summed E-state index contributed by atoms with van der Waals surface area (Å²) >= 11 is 0. The summed E-state index contributed by atoms with van der Waals surface area (Å²) in [6, 6.07) is -0.708. The fourth-order valence-corrected chi connectivity index (χ4v) is 2.62. The first-order valence-corrected chi connectivity index (χ1v) is 6.65. The van der Waals surface area contributed by atoms with E-state index in [2.05, 4.69) is 10.6 Å². The van der Waals surface area contributed by atoms with Crippen LogP contribution in [0.15, 0.2) is 0 Å². The summed E-state index contributed by atoms with van der Waals surface area (Å²) in [5, 5.41) is 4.48. The topological polar surface area (TPSA) is 75.3 Å². The molecule has 0 bridgehead atoms. The fourth-order valence-electron chi connectivity index (χ4n) is 2.62. The molecule has 0 saturated carbocycles. The number of carbonyl (C=O) groups excluding carboxylic acids is 3. The van der Waals surface area contributed by atoms with Crippen molar-refractivity contribution in [3.8, 4) is 0 Å². The van der Waals surface area contributed by atoms with Gasteiger partial charge in [0.25, 0.3) is 0 Å². The maximum absolute atomic E-state index is 12.2. The predicted octanol–water partition coefficient (Wildman–Crippen LogP) is 1.97. The molecule has 1 unspecified atom stereocenters. The van der Waals surface area contributed by atoms with Crippen molar-refractivity contribution in [2.45, 2.75) is 52.9 Å². The molecule has 1 rings (SSSR count). The van der Waals surface area contributed by atoms with Crippen LogP contribution in [0, 0.1) is 11.3 Å². The van der Waals surface area contributed by atoms with Crippen LogP contribution in [-0.4, -0.2) is 17.8 Å². The van der Waals surface area contributed by atoms with Crippen molar-refractivity contribution in [2.24, 2.45) is 11.3 Å². The minimum Gasteiger partial charge on any atom is -0.277 e. The molecule has 1 aliphatic rings. The first-order chi connectivity index (χ1) is 8.48. The number of hydrogen-bond acceptors (Lipinski definition) is 3. The smallest absolute Gasteiger partial charge is 0.277 e. The molecule has 18 heavy (non-hydrogen) atoms. The number of carbonyl (C=O) groups is 3. The average Bonchev–Trinajstić information content (AvgIpc) is 2.28. The van der Waals surface area contributed by atoms with Gasteiger partial charge in [-0.05, 0) is 18.8 Å². The van der Waals surface area contributed by atoms with Crippen LogP contribution >= 0.6 is 0 Å². The quantitative estimate of drug-likeness (QED) is 0.711. The number of hydrogen-bond donors (Lipinski definition) is 2. The van der Waals surface area contributed by atoms with Gasteiger partial charge in [-0.25, -0.2) is 4.79 Å². The summed E-state index contributed by atoms with van der Waals surface area (Å²) in [6.07, 6.45) is 3.90. The Labute approximate surface area is 108 Å². The molecular weight excluding hydrogens is 232 g/mol. The third kappa shape index (κ3) is 2.54. The van der Waals surface area contributed by atoms with Gasteiger partial charge in [0.05, 0.1) is 0 Å². The molecule has 0 aromatic rings. The van der Waals surface area contributed by atoms with E-state index in [1.807, 2.05) is 20.8 Å². The molecular formula is C13H22N2O3. The minimum atomic E-state index is -1.08. The molecule has 2 N–H and O–H groups in total. The van der Waals surface area contributed by atoms with Gasteiger partial charge in [-0.3, -0.25) is 20.2 Å². The number of amides is 4. The Morgan fingerprint density at radius 3 is 2.06 bits per heavy atom. The van der Waals surface area contributed by atoms with Gasteiger partial charge in [-0.15, -0.1) is 0 Å². The lowest BCUT2D eigenvalue weighted by Gasteiger charge is -2.38. The van der Waals surface area contributed by atoms with E-state index in [-0.39, 0.29) is 5.92 Å². The maximum Gasteiger partial charge on any atom is 0.328 e. The zero-order chi connectivity index (χ0) is 13.8. The third-order valence-electron chi connectivity index (χ3n) is 3.75. The molecule has 1 aliphatic heterocycles. The summed E-state index contributed by atoms with van der Waals surface area (Å²) in [5.74, 6) is -0.946. The lowest BCUT2D eigenvalue weighted by molar-refractivity contribution is -0.149. The number of unbranched alkanes of at least 4 members (excludes halogenated alkanes) is 1. The highest BCUT2D eigenvalue weighted by atomic mass is 16.2. The van der Waals surface area contributed by atoms with Crippen LogP contribution in [0.2, 0.25) is 0 Å². The first-order valence-electron chi connectivity index (χ1n) is 6.65. The summed E-state index contributed by atoms with van der Waals surface area (Å²) in [4.78, 5) is 35.5. The predicted molar refractivity (Wildman–Crippen MR) is 67.7 cm³/mol. The molecule has 0 aliphatic carbocycles. The molecule has 4 amide bonds. The van der Waals surface area contributed by atoms with E-state index in [1.165, 1.54) is 0 Å². The zero-order valence-electron chi connectivity index (χ0n) is 11.3. The van der Waals surface area contributed by atoms with E-state index >= 15 is 0 Å². The normalized spacial score (nSPS) is 20.3. The number of nitrogens with one attached hydrogen (secondary N) is 2. The second-order valence-electron chi connectivity index (χ2n) is 5.00. The summed E-state index contributed by atoms with van der Waals surface area (Å²) in [5.41, 5.74) is -1.08. The first kappa shape index (κ1) is 14.7. The van der Waals surface area contributed by atoms with Crippen molar-refractivity contribution >= 4 is 17.8 Å². The van der Waals surface area contributed by atoms with Gasteiger partial charge in [-0.1, -0.05) is 40.0 Å². The van der Waals surface area contributed by atoms with Gasteiger partial charge < -0.3 is 0 Å². The van der Waals surface area contributed by atoms with Gasteiger partial charge in [-0.2, -0.15) is 0 Å². The molecule has 0 radical (unpaired) electrons. The largest absolute Gasteiger partial charge is 0.328 e. The highest BCUT2D eigenvalue weighted by molar-refractivity contribution is 6.19. The van der Waals surface area contributed by atoms with Crippen molar-refractivity contribution in [1.82, 2.24) is 10.6 Å². The highest BCUT2D eigenvalue weighted by Crippen LogP contribution is 2.38. The average molecular weight is 254 g/mol. The Kier molecular flexibility index (Phi) is 4.87. The highest BCUT2D eigenvalue weighted by Gasteiger charge is 2.52. The van der Waals surface area contributed by atoms with E-state index in [9.17, 15) is 14.4 Å². The Balaban J connectivity index is 3.04. The van der Waals surface area contributed by atoms with Crippen LogP contribution in [0.3, 0.4) is 0 Å². The zero-order valence-corrected chi connectivity index (χ0v) is 11.3. The van der Waals surface area contributed by atoms with Crippen LogP contribution in [-0.2, 0) is 9.59 Å². The second-order valence-corrected chi connectivity index (χ2v) is 5.00. The van der Waals surface area contributed by atoms with Gasteiger partial charge >= 0.3 is 6.03 Å². The van der Waals surface area contributed by atoms with Gasteiger partial charge in [0.2, 0.25) is 11.8 Å². The number of rotatable bonds is 6. The van der Waals surface area contributed by atoms with Crippen LogP contribution in [0.4, 0.5) is 4.79 Å². The van der Waals surface area contributed by atoms with Crippen LogP contribution in [0.25, 0.3) is 0 Å². The van der Waals surface area contributed by atoms with Crippen LogP contribution in [0.5, 0.6) is 0 Å². The van der Waals surface area contributed by atoms with E-state index in [0.717, 1.165) is 25.7 Å². The molecule has 5 nitrogen and oxygen atoms in total. The monoisotopic (exact) mass is 254 g/mol. The minimum absolute atomic E-state index is 0.0675. The van der Waals surface area contributed by atoms with Crippen molar-refractivity contribution in [3.63, 3.8) is 0 Å². The van der Waals surface area contributed by atoms with E-state index < -0.39 is 23.3 Å². The molecule has 1 fully saturated rings. The molecule has 0 aromatic carbocycles. The number of imide groups is 2. The number of barbiturate groups is 1. The summed E-state index contributed by atoms with van der Waals surface area (Å²) < 4.78 is 0. The van der Waals surface area contributed by atoms with Gasteiger partial charge in [0.1, 0.15) is 5.41 Å². The Hall–Kier alpha value is -1.39. The van der Waals surface area contributed by atoms with E-state index in [1.54, 1.807) is 0 Å². The SMILES string of the molecule is CCCCC1(C(C)CCC)C(=O)NC(=O)NC1=O. The van der Waals surface area contributed by atoms with Gasteiger partial charge in [0, 0.05) is 0 Å². The van der Waals surface area contributed by atoms with Gasteiger partial charge in [0.15, 0.2) is 0 Å². The van der Waals surface area contributed by atoms with E-state index in [0.29, 0.717) is 6.42 Å². The van der Waals surface area contributed by atoms with Crippen molar-refractivity contribution in [1.29, 1.82) is 0 Å². The fraction of sp³-hybridized carbons (Fsp3) is 0.769. The Bertz CT molecular complexity index is 332. The molecule has 0 spiro atoms. The van der Waals surface area contributed by atoms with E-state index in [4.69, 9.17) is 0 Å². The van der Waals surface area contributed by atoms with Crippen molar-refractivity contribution in [2.75, 3.05) is 0 Å². The number of urea groups is 1. The molecule has 0 aromatic heterocycles. The summed E-state index contributed by atoms with van der Waals surface area (Å²) in [7, 11) is 0. The standard InChI is InChI=1S/C13H22N2O3/c1-4-6-8-13(9(3)7-5-2)10(16)14-12(18)15-11(13)17/h9H,4-8H2,1-3H3,(H2,14,15,16,17,18). The maximum atomic E-state index is 12.2. The van der Waals surface area contributed by atoms with Crippen LogP contribution in [0.1, 0.15) is 52.9 Å². The Morgan fingerprint density at radius 1 is 1.06 bits per heavy atom. The lowest BCUT2D eigenvalue weighted by Crippen LogP contribution is -2.64. The Morgan fingerprint density at radius 2 is 1.61 bits per heavy atom. The molecule has 1 heterocycles. The lowest BCUT2D eigenvalue weighted by atomic mass is 9.68. The molecule has 102 valence electrons. The molecule has 1 saturated heterocycles. The molecule has 1 atom stereocenters. The third-order valence-corrected chi connectivity index (χ3v) is 3.75. The van der Waals surface area contributed by atoms with Crippen molar-refractivity contribution < 1.29 is 14.4 Å². The second kappa shape index (κ2) is 5.98. The van der Waals surface area contributed by atoms with Crippen molar-refractivity contribution in [3.05, 3.63) is 0 Å². The summed E-state index contributed by atoms with van der Waals surface area (Å²) in [6.45, 7) is 5.95. The van der Waals surface area contributed by atoms with Crippen LogP contribution < -0.4 is 10.6 Å². The molecule has 5 heteroatoms.